The van der Waals surface area contributed by atoms with Crippen LogP contribution in [-0.2, 0) is 0 Å². The number of nitrogens with zero attached hydrogens (tertiary/aromatic N) is 2. The first-order valence-corrected chi connectivity index (χ1v) is 22.2. The molecule has 64 heavy (non-hydrogen) atoms. The molecule has 0 saturated heterocycles. The fourth-order valence-electron chi connectivity index (χ4n) is 9.99. The van der Waals surface area contributed by atoms with Gasteiger partial charge in [0.15, 0.2) is 0 Å². The minimum Gasteiger partial charge on any atom is -0.333 e. The van der Waals surface area contributed by atoms with Gasteiger partial charge in [-0.25, -0.2) is 0 Å². The lowest BCUT2D eigenvalue weighted by atomic mass is 9.84. The average molecular weight is 817 g/mol. The number of anilines is 2. The van der Waals surface area contributed by atoms with Gasteiger partial charge in [0, 0.05) is 28.9 Å². The highest BCUT2D eigenvalue weighted by atomic mass is 15.2. The maximum absolute atomic E-state index is 2.59. The van der Waals surface area contributed by atoms with Crippen LogP contribution in [0.4, 0.5) is 11.4 Å². The molecule has 10 aromatic rings. The van der Waals surface area contributed by atoms with Crippen molar-refractivity contribution in [2.75, 3.05) is 4.90 Å². The molecule has 2 aliphatic rings. The molecular weight excluding hydrogens is 773 g/mol. The van der Waals surface area contributed by atoms with Crippen molar-refractivity contribution in [1.82, 2.24) is 4.57 Å². The van der Waals surface area contributed by atoms with Crippen LogP contribution >= 0.6 is 0 Å². The zero-order chi connectivity index (χ0) is 42.4. The van der Waals surface area contributed by atoms with Gasteiger partial charge in [0.05, 0.1) is 17.2 Å². The normalized spacial score (nSPS) is 15.2. The topological polar surface area (TPSA) is 8.17 Å². The Morgan fingerprint density at radius 3 is 1.28 bits per heavy atom. The van der Waals surface area contributed by atoms with Gasteiger partial charge in [0.1, 0.15) is 0 Å². The van der Waals surface area contributed by atoms with Crippen LogP contribution in [0.3, 0.4) is 0 Å². The SMILES string of the molecule is C1=CC2C(C=C1c1cc(-c3ccccc3)cc(-c3ccccc3)c1)c1ccc3c(ccn3-c3cc(-c4ccccc4)cc(-c4ccccc4)c3)c1N2c1ccc(-c2ccccc2)cc1. The minimum absolute atomic E-state index is 0.104. The first-order chi connectivity index (χ1) is 31.7. The van der Waals surface area contributed by atoms with E-state index >= 15 is 0 Å². The van der Waals surface area contributed by atoms with Crippen molar-refractivity contribution in [3.63, 3.8) is 0 Å². The third-order valence-corrected chi connectivity index (χ3v) is 13.1. The number of hydrogen-bond acceptors (Lipinski definition) is 1. The van der Waals surface area contributed by atoms with Crippen LogP contribution in [0.5, 0.6) is 0 Å². The van der Waals surface area contributed by atoms with E-state index in [0.29, 0.717) is 0 Å². The van der Waals surface area contributed by atoms with Crippen LogP contribution in [0.1, 0.15) is 17.0 Å². The summed E-state index contributed by atoms with van der Waals surface area (Å²) in [5.41, 5.74) is 20.7. The Labute approximate surface area is 375 Å². The van der Waals surface area contributed by atoms with E-state index in [2.05, 4.69) is 264 Å². The Morgan fingerprint density at radius 2 is 0.781 bits per heavy atom. The summed E-state index contributed by atoms with van der Waals surface area (Å²) in [5.74, 6) is 0.142. The maximum atomic E-state index is 2.59. The second-order valence-electron chi connectivity index (χ2n) is 16.9. The molecule has 2 heteroatoms. The molecule has 0 amide bonds. The lowest BCUT2D eigenvalue weighted by Gasteiger charge is -2.30. The fourth-order valence-corrected chi connectivity index (χ4v) is 9.99. The summed E-state index contributed by atoms with van der Waals surface area (Å²) in [4.78, 5) is 2.59. The molecule has 0 saturated carbocycles. The highest BCUT2D eigenvalue weighted by molar-refractivity contribution is 6.01. The molecule has 1 aromatic heterocycles. The van der Waals surface area contributed by atoms with Crippen LogP contribution in [0.25, 0.3) is 77.8 Å². The molecule has 1 aliphatic heterocycles. The molecule has 302 valence electrons. The van der Waals surface area contributed by atoms with Crippen LogP contribution < -0.4 is 4.90 Å². The maximum Gasteiger partial charge on any atom is 0.0630 e. The number of allylic oxidation sites excluding steroid dienone is 2. The second-order valence-corrected chi connectivity index (χ2v) is 16.9. The molecule has 1 aliphatic carbocycles. The van der Waals surface area contributed by atoms with Gasteiger partial charge >= 0.3 is 0 Å². The summed E-state index contributed by atoms with van der Waals surface area (Å²) >= 11 is 0. The van der Waals surface area contributed by atoms with Crippen molar-refractivity contribution in [1.29, 1.82) is 0 Å². The lowest BCUT2D eigenvalue weighted by molar-refractivity contribution is 0.747. The number of benzene rings is 9. The Morgan fingerprint density at radius 1 is 0.344 bits per heavy atom. The van der Waals surface area contributed by atoms with E-state index in [1.54, 1.807) is 0 Å². The van der Waals surface area contributed by atoms with E-state index in [4.69, 9.17) is 0 Å². The minimum atomic E-state index is 0.104. The van der Waals surface area contributed by atoms with Crippen molar-refractivity contribution in [3.8, 4) is 61.3 Å². The summed E-state index contributed by atoms with van der Waals surface area (Å²) in [6, 6.07) is 84.0. The highest BCUT2D eigenvalue weighted by Gasteiger charge is 2.40. The predicted molar refractivity (Wildman–Crippen MR) is 269 cm³/mol. The standard InChI is InChI=1S/C62H44N2/c1-6-16-43(17-7-1)48-26-29-55(30-27-48)64-61-32-28-49(52-37-50(44-18-8-2-9-19-44)36-51(38-52)45-20-10-3-11-21-45)42-59(61)57-31-33-60-58(62(57)64)34-35-63(60)56-40-53(46-22-12-4-13-23-46)39-54(41-56)47-24-14-5-15-25-47/h1-42,59,61H. The number of aromatic nitrogens is 1. The molecule has 0 fully saturated rings. The largest absolute Gasteiger partial charge is 0.333 e. The van der Waals surface area contributed by atoms with E-state index in [0.717, 1.165) is 5.69 Å². The van der Waals surface area contributed by atoms with E-state index in [1.807, 2.05) is 0 Å². The number of fused-ring (bicyclic) bond motifs is 5. The van der Waals surface area contributed by atoms with Crippen molar-refractivity contribution < 1.29 is 0 Å². The van der Waals surface area contributed by atoms with Crippen molar-refractivity contribution in [2.24, 2.45) is 0 Å². The molecule has 9 aromatic carbocycles. The molecule has 0 N–H and O–H groups in total. The molecule has 0 spiro atoms. The Bertz CT molecular complexity index is 3230. The van der Waals surface area contributed by atoms with E-state index in [1.165, 1.54) is 94.6 Å². The summed E-state index contributed by atoms with van der Waals surface area (Å²) in [7, 11) is 0. The summed E-state index contributed by atoms with van der Waals surface area (Å²) in [6.45, 7) is 0. The predicted octanol–water partition coefficient (Wildman–Crippen LogP) is 16.2. The Hall–Kier alpha value is -8.20. The van der Waals surface area contributed by atoms with Crippen LogP contribution in [0.2, 0.25) is 0 Å². The molecule has 0 radical (unpaired) electrons. The molecule has 12 rings (SSSR count). The molecule has 0 bridgehead atoms. The first-order valence-electron chi connectivity index (χ1n) is 22.2. The summed E-state index contributed by atoms with van der Waals surface area (Å²) < 4.78 is 2.38. The van der Waals surface area contributed by atoms with Crippen molar-refractivity contribution in [2.45, 2.75) is 12.0 Å². The fraction of sp³-hybridized carbons (Fsp3) is 0.0323. The number of hydrogen-bond donors (Lipinski definition) is 0. The number of rotatable bonds is 8. The van der Waals surface area contributed by atoms with E-state index < -0.39 is 0 Å². The van der Waals surface area contributed by atoms with Gasteiger partial charge in [0.25, 0.3) is 0 Å². The molecule has 2 atom stereocenters. The third-order valence-electron chi connectivity index (χ3n) is 13.1. The molecular formula is C62H44N2. The van der Waals surface area contributed by atoms with Crippen molar-refractivity contribution in [3.05, 3.63) is 266 Å². The third kappa shape index (κ3) is 6.77. The average Bonchev–Trinajstić information content (AvgIpc) is 3.97. The van der Waals surface area contributed by atoms with Gasteiger partial charge in [-0.1, -0.05) is 188 Å². The monoisotopic (exact) mass is 816 g/mol. The lowest BCUT2D eigenvalue weighted by Crippen LogP contribution is -2.29. The van der Waals surface area contributed by atoms with Crippen LogP contribution in [-0.4, -0.2) is 10.6 Å². The van der Waals surface area contributed by atoms with Gasteiger partial charge in [-0.15, -0.1) is 0 Å². The van der Waals surface area contributed by atoms with Crippen LogP contribution in [0.15, 0.2) is 255 Å². The first kappa shape index (κ1) is 37.6. The van der Waals surface area contributed by atoms with Gasteiger partial charge in [0.2, 0.25) is 0 Å². The highest BCUT2D eigenvalue weighted by Crippen LogP contribution is 2.53. The van der Waals surface area contributed by atoms with Gasteiger partial charge in [-0.05, 0) is 133 Å². The summed E-state index contributed by atoms with van der Waals surface area (Å²) in [5, 5.41) is 1.24. The second kappa shape index (κ2) is 15.9. The Balaban J connectivity index is 1.02. The Kier molecular flexibility index (Phi) is 9.34. The van der Waals surface area contributed by atoms with Gasteiger partial charge < -0.3 is 9.47 Å². The zero-order valence-electron chi connectivity index (χ0n) is 35.3. The van der Waals surface area contributed by atoms with Crippen LogP contribution in [0, 0.1) is 0 Å². The van der Waals surface area contributed by atoms with E-state index in [-0.39, 0.29) is 12.0 Å². The van der Waals surface area contributed by atoms with Crippen molar-refractivity contribution >= 4 is 27.9 Å². The quantitative estimate of drug-likeness (QED) is 0.148. The van der Waals surface area contributed by atoms with Gasteiger partial charge in [-0.3, -0.25) is 0 Å². The smallest absolute Gasteiger partial charge is 0.0630 e. The summed E-state index contributed by atoms with van der Waals surface area (Å²) in [6.07, 6.45) is 9.60. The van der Waals surface area contributed by atoms with Gasteiger partial charge in [-0.2, -0.15) is 0 Å². The zero-order valence-corrected chi connectivity index (χ0v) is 35.3. The molecule has 2 unspecified atom stereocenters. The molecule has 2 nitrogen and oxygen atoms in total. The van der Waals surface area contributed by atoms with E-state index in [9.17, 15) is 0 Å². The molecule has 2 heterocycles.